The summed E-state index contributed by atoms with van der Waals surface area (Å²) in [6.45, 7) is 6.65. The molecular weight excluding hydrogens is 314 g/mol. The van der Waals surface area contributed by atoms with Gasteiger partial charge in [-0.15, -0.1) is 12.4 Å². The summed E-state index contributed by atoms with van der Waals surface area (Å²) in [6.07, 6.45) is 2.40. The number of carbonyl (C=O) groups excluding carboxylic acids is 1. The molecule has 0 atom stereocenters. The SMILES string of the molecule is CCN(CC(=O)Nc1cccc(OC)c1)CC1CCNCC1.Cl. The highest BCUT2D eigenvalue weighted by molar-refractivity contribution is 5.92. The van der Waals surface area contributed by atoms with Crippen molar-refractivity contribution in [1.82, 2.24) is 10.2 Å². The van der Waals surface area contributed by atoms with Gasteiger partial charge in [0.25, 0.3) is 0 Å². The molecule has 1 aliphatic heterocycles. The Morgan fingerprint density at radius 2 is 2.13 bits per heavy atom. The molecule has 1 heterocycles. The van der Waals surface area contributed by atoms with Crippen LogP contribution in [0.15, 0.2) is 24.3 Å². The summed E-state index contributed by atoms with van der Waals surface area (Å²) in [7, 11) is 1.62. The van der Waals surface area contributed by atoms with Crippen molar-refractivity contribution in [2.75, 3.05) is 45.2 Å². The smallest absolute Gasteiger partial charge is 0.238 e. The maximum Gasteiger partial charge on any atom is 0.238 e. The van der Waals surface area contributed by atoms with Gasteiger partial charge in [0.2, 0.25) is 5.91 Å². The molecule has 1 aliphatic rings. The second-order valence-electron chi connectivity index (χ2n) is 5.80. The Kier molecular flexibility index (Phi) is 8.99. The van der Waals surface area contributed by atoms with Crippen LogP contribution >= 0.6 is 12.4 Å². The van der Waals surface area contributed by atoms with E-state index in [4.69, 9.17) is 4.74 Å². The molecular formula is C17H28ClN3O2. The fourth-order valence-electron chi connectivity index (χ4n) is 2.84. The van der Waals surface area contributed by atoms with E-state index in [-0.39, 0.29) is 18.3 Å². The van der Waals surface area contributed by atoms with Crippen LogP contribution in [0.2, 0.25) is 0 Å². The standard InChI is InChI=1S/C17H27N3O2.ClH/c1-3-20(12-14-7-9-18-10-8-14)13-17(21)19-15-5-4-6-16(11-15)22-2;/h4-6,11,14,18H,3,7-10,12-13H2,1-2H3,(H,19,21);1H. The van der Waals surface area contributed by atoms with Crippen LogP contribution in [0.5, 0.6) is 5.75 Å². The van der Waals surface area contributed by atoms with Crippen LogP contribution in [0.1, 0.15) is 19.8 Å². The number of carbonyl (C=O) groups is 1. The first kappa shape index (κ1) is 19.7. The highest BCUT2D eigenvalue weighted by Gasteiger charge is 2.18. The topological polar surface area (TPSA) is 53.6 Å². The summed E-state index contributed by atoms with van der Waals surface area (Å²) in [5.74, 6) is 1.48. The quantitative estimate of drug-likeness (QED) is 0.799. The second kappa shape index (κ2) is 10.5. The number of nitrogens with zero attached hydrogens (tertiary/aromatic N) is 1. The largest absolute Gasteiger partial charge is 0.497 e. The van der Waals surface area contributed by atoms with Crippen molar-refractivity contribution in [3.05, 3.63) is 24.3 Å². The Morgan fingerprint density at radius 1 is 1.39 bits per heavy atom. The summed E-state index contributed by atoms with van der Waals surface area (Å²) >= 11 is 0. The van der Waals surface area contributed by atoms with Crippen molar-refractivity contribution < 1.29 is 9.53 Å². The normalized spacial score (nSPS) is 15.1. The Labute approximate surface area is 145 Å². The van der Waals surface area contributed by atoms with Crippen LogP contribution in [0.25, 0.3) is 0 Å². The first-order chi connectivity index (χ1) is 10.7. The van der Waals surface area contributed by atoms with Gasteiger partial charge in [0, 0.05) is 18.3 Å². The summed E-state index contributed by atoms with van der Waals surface area (Å²) in [6, 6.07) is 7.46. The number of hydrogen-bond donors (Lipinski definition) is 2. The molecule has 5 nitrogen and oxygen atoms in total. The van der Waals surface area contributed by atoms with E-state index in [1.807, 2.05) is 24.3 Å². The first-order valence-electron chi connectivity index (χ1n) is 8.08. The number of rotatable bonds is 7. The first-order valence-corrected chi connectivity index (χ1v) is 8.08. The van der Waals surface area contributed by atoms with E-state index in [2.05, 4.69) is 22.5 Å². The number of methoxy groups -OCH3 is 1. The van der Waals surface area contributed by atoms with Crippen LogP contribution in [-0.2, 0) is 4.79 Å². The molecule has 0 bridgehead atoms. The number of benzene rings is 1. The molecule has 1 saturated heterocycles. The molecule has 1 aromatic rings. The van der Waals surface area contributed by atoms with E-state index in [0.717, 1.165) is 37.6 Å². The number of piperidine rings is 1. The molecule has 0 aliphatic carbocycles. The summed E-state index contributed by atoms with van der Waals surface area (Å²) in [5.41, 5.74) is 0.780. The van der Waals surface area contributed by atoms with Crippen molar-refractivity contribution in [2.24, 2.45) is 5.92 Å². The van der Waals surface area contributed by atoms with Gasteiger partial charge in [0.15, 0.2) is 0 Å². The molecule has 1 fully saturated rings. The molecule has 2 N–H and O–H groups in total. The van der Waals surface area contributed by atoms with Crippen molar-refractivity contribution in [1.29, 1.82) is 0 Å². The summed E-state index contributed by atoms with van der Waals surface area (Å²) in [5, 5.41) is 6.33. The van der Waals surface area contributed by atoms with Gasteiger partial charge in [0.05, 0.1) is 13.7 Å². The van der Waals surface area contributed by atoms with Gasteiger partial charge in [-0.3, -0.25) is 9.69 Å². The lowest BCUT2D eigenvalue weighted by Crippen LogP contribution is -2.39. The Morgan fingerprint density at radius 3 is 2.78 bits per heavy atom. The van der Waals surface area contributed by atoms with Crippen molar-refractivity contribution in [2.45, 2.75) is 19.8 Å². The van der Waals surface area contributed by atoms with Crippen LogP contribution in [0, 0.1) is 5.92 Å². The van der Waals surface area contributed by atoms with E-state index in [9.17, 15) is 4.79 Å². The van der Waals surface area contributed by atoms with E-state index in [1.165, 1.54) is 12.8 Å². The molecule has 130 valence electrons. The zero-order valence-corrected chi connectivity index (χ0v) is 14.8. The number of halogens is 1. The van der Waals surface area contributed by atoms with Crippen molar-refractivity contribution >= 4 is 24.0 Å². The third-order valence-corrected chi connectivity index (χ3v) is 4.14. The fraction of sp³-hybridized carbons (Fsp3) is 0.588. The van der Waals surface area contributed by atoms with Gasteiger partial charge in [-0.25, -0.2) is 0 Å². The number of likely N-dealkylation sites (N-methyl/N-ethyl adjacent to an activating group) is 1. The van der Waals surface area contributed by atoms with E-state index in [1.54, 1.807) is 7.11 Å². The molecule has 2 rings (SSSR count). The highest BCUT2D eigenvalue weighted by Crippen LogP contribution is 2.17. The predicted molar refractivity (Wildman–Crippen MR) is 96.6 cm³/mol. The van der Waals surface area contributed by atoms with Crippen molar-refractivity contribution in [3.63, 3.8) is 0 Å². The number of anilines is 1. The average Bonchev–Trinajstić information content (AvgIpc) is 2.55. The minimum atomic E-state index is 0. The third-order valence-electron chi connectivity index (χ3n) is 4.14. The Balaban J connectivity index is 0.00000264. The summed E-state index contributed by atoms with van der Waals surface area (Å²) < 4.78 is 5.17. The monoisotopic (exact) mass is 341 g/mol. The second-order valence-corrected chi connectivity index (χ2v) is 5.80. The Bertz CT molecular complexity index is 479. The molecule has 23 heavy (non-hydrogen) atoms. The lowest BCUT2D eigenvalue weighted by atomic mass is 9.97. The zero-order valence-electron chi connectivity index (χ0n) is 14.0. The van der Waals surface area contributed by atoms with Crippen LogP contribution in [-0.4, -0.2) is 50.6 Å². The van der Waals surface area contributed by atoms with Crippen LogP contribution in [0.4, 0.5) is 5.69 Å². The molecule has 0 spiro atoms. The maximum atomic E-state index is 12.2. The lowest BCUT2D eigenvalue weighted by Gasteiger charge is -2.28. The van der Waals surface area contributed by atoms with Gasteiger partial charge in [0.1, 0.15) is 5.75 Å². The molecule has 6 heteroatoms. The third kappa shape index (κ3) is 6.77. The van der Waals surface area contributed by atoms with Gasteiger partial charge in [-0.1, -0.05) is 13.0 Å². The highest BCUT2D eigenvalue weighted by atomic mass is 35.5. The average molecular weight is 342 g/mol. The van der Waals surface area contributed by atoms with E-state index >= 15 is 0 Å². The molecule has 0 unspecified atom stereocenters. The van der Waals surface area contributed by atoms with Gasteiger partial charge >= 0.3 is 0 Å². The zero-order chi connectivity index (χ0) is 15.8. The molecule has 0 aromatic heterocycles. The molecule has 0 radical (unpaired) electrons. The lowest BCUT2D eigenvalue weighted by molar-refractivity contribution is -0.117. The van der Waals surface area contributed by atoms with E-state index < -0.39 is 0 Å². The number of hydrogen-bond acceptors (Lipinski definition) is 4. The van der Waals surface area contributed by atoms with Gasteiger partial charge < -0.3 is 15.4 Å². The molecule has 1 aromatic carbocycles. The number of amides is 1. The number of ether oxygens (including phenoxy) is 1. The Hall–Kier alpha value is -1.30. The van der Waals surface area contributed by atoms with Crippen LogP contribution < -0.4 is 15.4 Å². The minimum absolute atomic E-state index is 0. The minimum Gasteiger partial charge on any atom is -0.497 e. The van der Waals surface area contributed by atoms with Gasteiger partial charge in [-0.2, -0.15) is 0 Å². The fourth-order valence-corrected chi connectivity index (χ4v) is 2.84. The van der Waals surface area contributed by atoms with Crippen LogP contribution in [0.3, 0.4) is 0 Å². The molecule has 1 amide bonds. The van der Waals surface area contributed by atoms with Crippen molar-refractivity contribution in [3.8, 4) is 5.75 Å². The molecule has 0 saturated carbocycles. The van der Waals surface area contributed by atoms with E-state index in [0.29, 0.717) is 12.5 Å². The predicted octanol–water partition coefficient (Wildman–Crippen LogP) is 2.38. The van der Waals surface area contributed by atoms with Gasteiger partial charge in [-0.05, 0) is 50.5 Å². The maximum absolute atomic E-state index is 12.2. The summed E-state index contributed by atoms with van der Waals surface area (Å²) in [4.78, 5) is 14.4. The number of nitrogens with one attached hydrogen (secondary N) is 2.